The number of rotatable bonds is 2. The zero-order chi connectivity index (χ0) is 11.4. The molecule has 80 valence electrons. The molecule has 0 aromatic heterocycles. The third-order valence-electron chi connectivity index (χ3n) is 2.32. The minimum Gasteiger partial charge on any atom is -0.398 e. The molecule has 0 aliphatic carbocycles. The van der Waals surface area contributed by atoms with Crippen LogP contribution in [0.4, 0.5) is 0 Å². The van der Waals surface area contributed by atoms with E-state index < -0.39 is 0 Å². The minimum atomic E-state index is 0.710. The highest BCUT2D eigenvalue weighted by atomic mass is 35.5. The van der Waals surface area contributed by atoms with E-state index in [1.807, 2.05) is 60.7 Å². The van der Waals surface area contributed by atoms with Gasteiger partial charge >= 0.3 is 0 Å². The second kappa shape index (κ2) is 4.86. The van der Waals surface area contributed by atoms with E-state index >= 15 is 0 Å². The average molecular weight is 230 g/mol. The second-order valence-corrected chi connectivity index (χ2v) is 3.89. The highest BCUT2D eigenvalue weighted by Crippen LogP contribution is 2.20. The number of nitrogens with two attached hydrogens (primary N) is 1. The van der Waals surface area contributed by atoms with Crippen molar-refractivity contribution in [1.29, 1.82) is 0 Å². The number of benzene rings is 2. The first-order valence-electron chi connectivity index (χ1n) is 5.04. The van der Waals surface area contributed by atoms with Gasteiger partial charge in [0.15, 0.2) is 0 Å². The van der Waals surface area contributed by atoms with Crippen molar-refractivity contribution in [3.05, 3.63) is 70.7 Å². The van der Waals surface area contributed by atoms with Gasteiger partial charge in [0.05, 0.1) is 0 Å². The molecule has 0 spiro atoms. The molecule has 2 aromatic carbocycles. The Balaban J connectivity index is 2.36. The monoisotopic (exact) mass is 229 g/mol. The van der Waals surface area contributed by atoms with Crippen molar-refractivity contribution >= 4 is 23.4 Å². The summed E-state index contributed by atoms with van der Waals surface area (Å²) in [5.74, 6) is 0. The SMILES string of the molecule is NC(=Cc1ccccc1Cl)c1ccccc1. The third-order valence-corrected chi connectivity index (χ3v) is 2.67. The van der Waals surface area contributed by atoms with E-state index in [0.29, 0.717) is 10.7 Å². The van der Waals surface area contributed by atoms with Crippen molar-refractivity contribution in [3.8, 4) is 0 Å². The Kier molecular flexibility index (Phi) is 3.28. The first kappa shape index (κ1) is 10.8. The quantitative estimate of drug-likeness (QED) is 0.779. The maximum atomic E-state index is 6.06. The Hall–Kier alpha value is -1.73. The van der Waals surface area contributed by atoms with Crippen molar-refractivity contribution < 1.29 is 0 Å². The Labute approximate surface area is 100 Å². The Morgan fingerprint density at radius 2 is 1.56 bits per heavy atom. The van der Waals surface area contributed by atoms with Gasteiger partial charge in [0.2, 0.25) is 0 Å². The molecule has 0 unspecified atom stereocenters. The summed E-state index contributed by atoms with van der Waals surface area (Å²) in [7, 11) is 0. The van der Waals surface area contributed by atoms with Crippen LogP contribution >= 0.6 is 11.6 Å². The molecular weight excluding hydrogens is 218 g/mol. The molecule has 0 saturated heterocycles. The van der Waals surface area contributed by atoms with Gasteiger partial charge < -0.3 is 5.73 Å². The summed E-state index contributed by atoms with van der Waals surface area (Å²) in [6.45, 7) is 0. The van der Waals surface area contributed by atoms with Crippen LogP contribution in [0.5, 0.6) is 0 Å². The molecule has 2 heteroatoms. The summed E-state index contributed by atoms with van der Waals surface area (Å²) < 4.78 is 0. The maximum absolute atomic E-state index is 6.06. The van der Waals surface area contributed by atoms with Crippen LogP contribution in [0.3, 0.4) is 0 Å². The lowest BCUT2D eigenvalue weighted by Crippen LogP contribution is -1.95. The van der Waals surface area contributed by atoms with Crippen molar-refractivity contribution in [2.24, 2.45) is 5.73 Å². The van der Waals surface area contributed by atoms with Crippen LogP contribution in [0.25, 0.3) is 11.8 Å². The molecule has 0 saturated carbocycles. The molecule has 0 amide bonds. The summed E-state index contributed by atoms with van der Waals surface area (Å²) >= 11 is 6.06. The topological polar surface area (TPSA) is 26.0 Å². The molecular formula is C14H12ClN. The lowest BCUT2D eigenvalue weighted by molar-refractivity contribution is 1.52. The van der Waals surface area contributed by atoms with Crippen molar-refractivity contribution in [3.63, 3.8) is 0 Å². The van der Waals surface area contributed by atoms with Crippen LogP contribution in [0.2, 0.25) is 5.02 Å². The van der Waals surface area contributed by atoms with E-state index in [-0.39, 0.29) is 0 Å². The minimum absolute atomic E-state index is 0.710. The van der Waals surface area contributed by atoms with E-state index in [1.165, 1.54) is 0 Å². The fourth-order valence-corrected chi connectivity index (χ4v) is 1.66. The van der Waals surface area contributed by atoms with Crippen LogP contribution in [0.1, 0.15) is 11.1 Å². The van der Waals surface area contributed by atoms with E-state index in [0.717, 1.165) is 11.1 Å². The largest absolute Gasteiger partial charge is 0.398 e. The molecule has 0 atom stereocenters. The number of hydrogen-bond donors (Lipinski definition) is 1. The molecule has 0 aliphatic rings. The van der Waals surface area contributed by atoms with Crippen LogP contribution in [0.15, 0.2) is 54.6 Å². The second-order valence-electron chi connectivity index (χ2n) is 3.49. The summed E-state index contributed by atoms with van der Waals surface area (Å²) in [5.41, 5.74) is 8.65. The summed E-state index contributed by atoms with van der Waals surface area (Å²) in [6, 6.07) is 17.5. The Morgan fingerprint density at radius 3 is 2.25 bits per heavy atom. The molecule has 1 nitrogen and oxygen atoms in total. The maximum Gasteiger partial charge on any atom is 0.0479 e. The zero-order valence-electron chi connectivity index (χ0n) is 8.73. The van der Waals surface area contributed by atoms with Gasteiger partial charge in [-0.05, 0) is 23.3 Å². The van der Waals surface area contributed by atoms with E-state index in [9.17, 15) is 0 Å². The molecule has 2 aromatic rings. The summed E-state index contributed by atoms with van der Waals surface area (Å²) in [5, 5.41) is 0.710. The van der Waals surface area contributed by atoms with Crippen molar-refractivity contribution in [2.45, 2.75) is 0 Å². The lowest BCUT2D eigenvalue weighted by atomic mass is 10.1. The highest BCUT2D eigenvalue weighted by Gasteiger charge is 1.98. The van der Waals surface area contributed by atoms with Crippen molar-refractivity contribution in [1.82, 2.24) is 0 Å². The standard InChI is InChI=1S/C14H12ClN/c15-13-9-5-4-8-12(13)10-14(16)11-6-2-1-3-7-11/h1-10H,16H2. The number of halogens is 1. The molecule has 16 heavy (non-hydrogen) atoms. The van der Waals surface area contributed by atoms with Gasteiger partial charge in [0.1, 0.15) is 0 Å². The van der Waals surface area contributed by atoms with Gasteiger partial charge in [-0.1, -0.05) is 60.1 Å². The van der Waals surface area contributed by atoms with E-state index in [4.69, 9.17) is 17.3 Å². The van der Waals surface area contributed by atoms with Gasteiger partial charge in [0, 0.05) is 10.7 Å². The van der Waals surface area contributed by atoms with E-state index in [2.05, 4.69) is 0 Å². The van der Waals surface area contributed by atoms with Crippen LogP contribution in [0, 0.1) is 0 Å². The van der Waals surface area contributed by atoms with Crippen molar-refractivity contribution in [2.75, 3.05) is 0 Å². The molecule has 0 aliphatic heterocycles. The Morgan fingerprint density at radius 1 is 0.938 bits per heavy atom. The fourth-order valence-electron chi connectivity index (χ4n) is 1.47. The highest BCUT2D eigenvalue weighted by molar-refractivity contribution is 6.32. The fraction of sp³-hybridized carbons (Fsp3) is 0. The summed E-state index contributed by atoms with van der Waals surface area (Å²) in [4.78, 5) is 0. The van der Waals surface area contributed by atoms with Crippen LogP contribution < -0.4 is 5.73 Å². The van der Waals surface area contributed by atoms with Gasteiger partial charge in [-0.3, -0.25) is 0 Å². The first-order chi connectivity index (χ1) is 7.77. The summed E-state index contributed by atoms with van der Waals surface area (Å²) in [6.07, 6.45) is 1.89. The number of hydrogen-bond acceptors (Lipinski definition) is 1. The first-order valence-corrected chi connectivity index (χ1v) is 5.42. The molecule has 2 rings (SSSR count). The zero-order valence-corrected chi connectivity index (χ0v) is 9.48. The lowest BCUT2D eigenvalue weighted by Gasteiger charge is -2.02. The van der Waals surface area contributed by atoms with E-state index in [1.54, 1.807) is 0 Å². The third kappa shape index (κ3) is 2.44. The average Bonchev–Trinajstić information content (AvgIpc) is 2.33. The van der Waals surface area contributed by atoms with Gasteiger partial charge in [-0.15, -0.1) is 0 Å². The molecule has 0 fully saturated rings. The van der Waals surface area contributed by atoms with Crippen LogP contribution in [-0.2, 0) is 0 Å². The Bertz CT molecular complexity index is 503. The van der Waals surface area contributed by atoms with Crippen LogP contribution in [-0.4, -0.2) is 0 Å². The van der Waals surface area contributed by atoms with Gasteiger partial charge in [-0.25, -0.2) is 0 Å². The van der Waals surface area contributed by atoms with Gasteiger partial charge in [0.25, 0.3) is 0 Å². The molecule has 0 bridgehead atoms. The predicted octanol–water partition coefficient (Wildman–Crippen LogP) is 3.80. The normalized spacial score (nSPS) is 11.4. The molecule has 0 heterocycles. The van der Waals surface area contributed by atoms with Gasteiger partial charge in [-0.2, -0.15) is 0 Å². The predicted molar refractivity (Wildman–Crippen MR) is 70.0 cm³/mol. The molecule has 0 radical (unpaired) electrons. The molecule has 2 N–H and O–H groups in total. The smallest absolute Gasteiger partial charge is 0.0479 e.